The van der Waals surface area contributed by atoms with Crippen molar-refractivity contribution in [1.29, 1.82) is 5.26 Å². The normalized spacial score (nSPS) is 10.7. The number of anilines is 1. The zero-order chi connectivity index (χ0) is 13.4. The molecule has 1 heterocycles. The predicted octanol–water partition coefficient (Wildman–Crippen LogP) is 2.49. The molecule has 0 aromatic carbocycles. The Balaban J connectivity index is 2.24. The molecular weight excluding hydrogens is 224 g/mol. The fraction of sp³-hybridized carbons (Fsp3) is 0.571. The van der Waals surface area contributed by atoms with E-state index in [1.54, 1.807) is 18.3 Å². The maximum absolute atomic E-state index is 8.92. The minimum Gasteiger partial charge on any atom is -0.369 e. The van der Waals surface area contributed by atoms with Gasteiger partial charge in [0.05, 0.1) is 5.56 Å². The van der Waals surface area contributed by atoms with Gasteiger partial charge in [0.1, 0.15) is 11.9 Å². The van der Waals surface area contributed by atoms with E-state index >= 15 is 0 Å². The third-order valence-corrected chi connectivity index (χ3v) is 3.04. The third-order valence-electron chi connectivity index (χ3n) is 3.04. The minimum absolute atomic E-state index is 0.596. The fourth-order valence-electron chi connectivity index (χ4n) is 1.59. The second kappa shape index (κ2) is 7.67. The summed E-state index contributed by atoms with van der Waals surface area (Å²) in [6.45, 7) is 6.36. The van der Waals surface area contributed by atoms with E-state index in [9.17, 15) is 0 Å². The molecule has 0 aliphatic rings. The van der Waals surface area contributed by atoms with Crippen molar-refractivity contribution < 1.29 is 0 Å². The van der Waals surface area contributed by atoms with Crippen LogP contribution >= 0.6 is 0 Å². The minimum atomic E-state index is 0.596. The van der Waals surface area contributed by atoms with Crippen LogP contribution in [0.2, 0.25) is 0 Å². The number of hydrogen-bond acceptors (Lipinski definition) is 4. The first-order chi connectivity index (χ1) is 8.65. The molecule has 0 spiro atoms. The van der Waals surface area contributed by atoms with E-state index in [4.69, 9.17) is 5.26 Å². The molecule has 0 bridgehead atoms. The molecule has 0 saturated carbocycles. The summed E-state index contributed by atoms with van der Waals surface area (Å²) in [5.41, 5.74) is 0.608. The highest BCUT2D eigenvalue weighted by atomic mass is 15.1. The van der Waals surface area contributed by atoms with Crippen molar-refractivity contribution in [2.24, 2.45) is 0 Å². The van der Waals surface area contributed by atoms with Crippen molar-refractivity contribution in [3.63, 3.8) is 0 Å². The number of nitrogens with zero attached hydrogens (tertiary/aromatic N) is 3. The maximum Gasteiger partial charge on any atom is 0.143 e. The zero-order valence-electron chi connectivity index (χ0n) is 11.5. The van der Waals surface area contributed by atoms with Crippen LogP contribution < -0.4 is 5.32 Å². The number of rotatable bonds is 7. The highest BCUT2D eigenvalue weighted by molar-refractivity contribution is 5.50. The van der Waals surface area contributed by atoms with Crippen LogP contribution in [0.25, 0.3) is 0 Å². The lowest BCUT2D eigenvalue weighted by molar-refractivity contribution is 0.269. The summed E-state index contributed by atoms with van der Waals surface area (Å²) in [5.74, 6) is 0.692. The predicted molar refractivity (Wildman–Crippen MR) is 74.4 cm³/mol. The first-order valence-electron chi connectivity index (χ1n) is 6.44. The van der Waals surface area contributed by atoms with E-state index in [-0.39, 0.29) is 0 Å². The zero-order valence-corrected chi connectivity index (χ0v) is 11.5. The van der Waals surface area contributed by atoms with Crippen LogP contribution in [0.3, 0.4) is 0 Å². The van der Waals surface area contributed by atoms with Gasteiger partial charge < -0.3 is 10.2 Å². The first kappa shape index (κ1) is 14.5. The Hall–Kier alpha value is -1.60. The smallest absolute Gasteiger partial charge is 0.143 e. The fourth-order valence-corrected chi connectivity index (χ4v) is 1.59. The molecule has 4 nitrogen and oxygen atoms in total. The number of aromatic nitrogens is 1. The highest BCUT2D eigenvalue weighted by Crippen LogP contribution is 2.09. The van der Waals surface area contributed by atoms with Gasteiger partial charge in [-0.1, -0.05) is 0 Å². The SMILES string of the molecule is CC(C)N(C)CCCCNc1ncccc1C#N. The van der Waals surface area contributed by atoms with Crippen LogP contribution in [0, 0.1) is 11.3 Å². The number of nitriles is 1. The molecule has 0 amide bonds. The van der Waals surface area contributed by atoms with Crippen LogP contribution in [0.15, 0.2) is 18.3 Å². The molecule has 0 aliphatic heterocycles. The van der Waals surface area contributed by atoms with Gasteiger partial charge in [-0.3, -0.25) is 0 Å². The average Bonchev–Trinajstić information content (AvgIpc) is 2.38. The second-order valence-electron chi connectivity index (χ2n) is 4.72. The third kappa shape index (κ3) is 4.72. The van der Waals surface area contributed by atoms with Gasteiger partial charge in [0.15, 0.2) is 0 Å². The maximum atomic E-state index is 8.92. The standard InChI is InChI=1S/C14H22N4/c1-12(2)18(3)10-5-4-8-16-14-13(11-15)7-6-9-17-14/h6-7,9,12H,4-5,8,10H2,1-3H3,(H,16,17). The van der Waals surface area contributed by atoms with E-state index in [2.05, 4.69) is 42.2 Å². The van der Waals surface area contributed by atoms with Crippen molar-refractivity contribution in [2.45, 2.75) is 32.7 Å². The van der Waals surface area contributed by atoms with E-state index in [0.29, 0.717) is 17.4 Å². The Morgan fingerprint density at radius 2 is 2.22 bits per heavy atom. The quantitative estimate of drug-likeness (QED) is 0.751. The van der Waals surface area contributed by atoms with Gasteiger partial charge in [-0.2, -0.15) is 5.26 Å². The molecule has 18 heavy (non-hydrogen) atoms. The van der Waals surface area contributed by atoms with E-state index < -0.39 is 0 Å². The molecule has 98 valence electrons. The van der Waals surface area contributed by atoms with Gasteiger partial charge in [-0.05, 0) is 52.4 Å². The Kier molecular flexibility index (Phi) is 6.16. The number of pyridine rings is 1. The number of unbranched alkanes of at least 4 members (excludes halogenated alkanes) is 1. The molecular formula is C14H22N4. The van der Waals surface area contributed by atoms with Crippen molar-refractivity contribution >= 4 is 5.82 Å². The average molecular weight is 246 g/mol. The van der Waals surface area contributed by atoms with Gasteiger partial charge in [0.25, 0.3) is 0 Å². The van der Waals surface area contributed by atoms with Crippen LogP contribution in [0.5, 0.6) is 0 Å². The molecule has 0 unspecified atom stereocenters. The summed E-state index contributed by atoms with van der Waals surface area (Å²) in [7, 11) is 2.14. The van der Waals surface area contributed by atoms with Crippen molar-refractivity contribution in [1.82, 2.24) is 9.88 Å². The molecule has 0 fully saturated rings. The summed E-state index contributed by atoms with van der Waals surface area (Å²) >= 11 is 0. The monoisotopic (exact) mass is 246 g/mol. The molecule has 0 aliphatic carbocycles. The molecule has 1 N–H and O–H groups in total. The van der Waals surface area contributed by atoms with E-state index in [1.807, 2.05) is 0 Å². The van der Waals surface area contributed by atoms with Crippen LogP contribution in [0.4, 0.5) is 5.82 Å². The molecule has 0 saturated heterocycles. The summed E-state index contributed by atoms with van der Waals surface area (Å²) < 4.78 is 0. The summed E-state index contributed by atoms with van der Waals surface area (Å²) in [5, 5.41) is 12.1. The second-order valence-corrected chi connectivity index (χ2v) is 4.72. The summed E-state index contributed by atoms with van der Waals surface area (Å²) in [4.78, 5) is 6.50. The van der Waals surface area contributed by atoms with Crippen LogP contribution in [-0.4, -0.2) is 36.1 Å². The molecule has 4 heteroatoms. The van der Waals surface area contributed by atoms with Crippen molar-refractivity contribution in [3.8, 4) is 6.07 Å². The summed E-state index contributed by atoms with van der Waals surface area (Å²) in [6, 6.07) is 6.29. The largest absolute Gasteiger partial charge is 0.369 e. The Labute approximate surface area is 110 Å². The van der Waals surface area contributed by atoms with Gasteiger partial charge in [-0.25, -0.2) is 4.98 Å². The lowest BCUT2D eigenvalue weighted by Crippen LogP contribution is -2.27. The summed E-state index contributed by atoms with van der Waals surface area (Å²) in [6.07, 6.45) is 3.94. The van der Waals surface area contributed by atoms with Gasteiger partial charge in [0.2, 0.25) is 0 Å². The topological polar surface area (TPSA) is 52.0 Å². The Bertz CT molecular complexity index is 395. The molecule has 0 atom stereocenters. The van der Waals surface area contributed by atoms with Gasteiger partial charge in [-0.15, -0.1) is 0 Å². The Morgan fingerprint density at radius 3 is 2.89 bits per heavy atom. The number of hydrogen-bond donors (Lipinski definition) is 1. The molecule has 1 aromatic heterocycles. The first-order valence-corrected chi connectivity index (χ1v) is 6.44. The lowest BCUT2D eigenvalue weighted by atomic mass is 10.2. The van der Waals surface area contributed by atoms with E-state index in [0.717, 1.165) is 25.9 Å². The van der Waals surface area contributed by atoms with Gasteiger partial charge in [0, 0.05) is 18.8 Å². The van der Waals surface area contributed by atoms with Crippen LogP contribution in [0.1, 0.15) is 32.3 Å². The number of nitrogens with one attached hydrogen (secondary N) is 1. The molecule has 1 aromatic rings. The van der Waals surface area contributed by atoms with E-state index in [1.165, 1.54) is 0 Å². The molecule has 1 rings (SSSR count). The molecule has 0 radical (unpaired) electrons. The lowest BCUT2D eigenvalue weighted by Gasteiger charge is -2.20. The Morgan fingerprint density at radius 1 is 1.44 bits per heavy atom. The van der Waals surface area contributed by atoms with Crippen molar-refractivity contribution in [3.05, 3.63) is 23.9 Å². The highest BCUT2D eigenvalue weighted by Gasteiger charge is 2.03. The van der Waals surface area contributed by atoms with Gasteiger partial charge >= 0.3 is 0 Å². The van der Waals surface area contributed by atoms with Crippen LogP contribution in [-0.2, 0) is 0 Å². The van der Waals surface area contributed by atoms with Crippen molar-refractivity contribution in [2.75, 3.05) is 25.5 Å².